The highest BCUT2D eigenvalue weighted by molar-refractivity contribution is 9.09. The van der Waals surface area contributed by atoms with E-state index in [1.165, 1.54) is 0 Å². The molecule has 1 N–H and O–H groups in total. The number of nitrogens with one attached hydrogen (secondary N) is 1. The minimum atomic E-state index is -0.0238. The van der Waals surface area contributed by atoms with Crippen LogP contribution in [0, 0.1) is 6.92 Å². The number of hydrogen-bond acceptors (Lipinski definition) is 1. The van der Waals surface area contributed by atoms with Crippen LogP contribution in [0.1, 0.15) is 5.56 Å². The molecular weight excluding hydrogens is 218 g/mol. The molecule has 0 radical (unpaired) electrons. The topological polar surface area (TPSA) is 29.1 Å². The van der Waals surface area contributed by atoms with Crippen LogP contribution in [0.4, 0.5) is 5.69 Å². The Morgan fingerprint density at radius 1 is 1.50 bits per heavy atom. The molecule has 1 aromatic carbocycles. The molecule has 1 rings (SSSR count). The normalized spacial score (nSPS) is 9.50. The Balaban J connectivity index is 2.75. The van der Waals surface area contributed by atoms with E-state index in [0.717, 1.165) is 11.3 Å². The fourth-order valence-electron chi connectivity index (χ4n) is 0.897. The van der Waals surface area contributed by atoms with Crippen molar-refractivity contribution < 1.29 is 4.79 Å². The third-order valence-electron chi connectivity index (χ3n) is 1.54. The summed E-state index contributed by atoms with van der Waals surface area (Å²) in [4.78, 5) is 11.0. The average Bonchev–Trinajstić information content (AvgIpc) is 2.09. The molecule has 0 spiro atoms. The molecule has 0 atom stereocenters. The smallest absolute Gasteiger partial charge is 0.235 e. The van der Waals surface area contributed by atoms with Crippen LogP contribution in [0.2, 0.25) is 0 Å². The first kappa shape index (κ1) is 9.26. The number of rotatable bonds is 2. The molecule has 0 saturated carbocycles. The Hall–Kier alpha value is -0.830. The van der Waals surface area contributed by atoms with Gasteiger partial charge in [0, 0.05) is 5.69 Å². The number of halogens is 1. The van der Waals surface area contributed by atoms with Gasteiger partial charge in [0.05, 0.1) is 5.33 Å². The monoisotopic (exact) mass is 227 g/mol. The number of para-hydroxylation sites is 1. The summed E-state index contributed by atoms with van der Waals surface area (Å²) in [5, 5.41) is 3.11. The first-order valence-electron chi connectivity index (χ1n) is 3.65. The van der Waals surface area contributed by atoms with E-state index < -0.39 is 0 Å². The molecule has 0 aliphatic heterocycles. The predicted molar refractivity (Wildman–Crippen MR) is 53.6 cm³/mol. The molecule has 0 saturated heterocycles. The molecular formula is C9H10BrNO. The van der Waals surface area contributed by atoms with Crippen LogP contribution >= 0.6 is 15.9 Å². The Labute approximate surface area is 80.1 Å². The van der Waals surface area contributed by atoms with Gasteiger partial charge in [-0.05, 0) is 18.6 Å². The second-order valence-electron chi connectivity index (χ2n) is 2.50. The first-order valence-corrected chi connectivity index (χ1v) is 4.77. The lowest BCUT2D eigenvalue weighted by Crippen LogP contribution is -2.12. The van der Waals surface area contributed by atoms with E-state index >= 15 is 0 Å². The van der Waals surface area contributed by atoms with Crippen molar-refractivity contribution in [1.82, 2.24) is 0 Å². The van der Waals surface area contributed by atoms with Crippen molar-refractivity contribution in [3.8, 4) is 0 Å². The van der Waals surface area contributed by atoms with E-state index in [9.17, 15) is 4.79 Å². The van der Waals surface area contributed by atoms with Gasteiger partial charge in [0.1, 0.15) is 0 Å². The lowest BCUT2D eigenvalue weighted by atomic mass is 10.2. The summed E-state index contributed by atoms with van der Waals surface area (Å²) < 4.78 is 0. The predicted octanol–water partition coefficient (Wildman–Crippen LogP) is 2.33. The molecule has 64 valence electrons. The van der Waals surface area contributed by atoms with Crippen molar-refractivity contribution in [1.29, 1.82) is 0 Å². The maximum atomic E-state index is 11.0. The van der Waals surface area contributed by atoms with Gasteiger partial charge in [-0.25, -0.2) is 0 Å². The van der Waals surface area contributed by atoms with Gasteiger partial charge in [0.25, 0.3) is 0 Å². The van der Waals surface area contributed by atoms with Gasteiger partial charge in [-0.1, -0.05) is 34.1 Å². The van der Waals surface area contributed by atoms with Crippen LogP contribution in [0.25, 0.3) is 0 Å². The van der Waals surface area contributed by atoms with Gasteiger partial charge in [-0.15, -0.1) is 0 Å². The van der Waals surface area contributed by atoms with E-state index in [1.54, 1.807) is 0 Å². The molecule has 0 fully saturated rings. The van der Waals surface area contributed by atoms with Crippen molar-refractivity contribution in [3.63, 3.8) is 0 Å². The first-order chi connectivity index (χ1) is 5.74. The van der Waals surface area contributed by atoms with Crippen LogP contribution in [0.5, 0.6) is 0 Å². The second-order valence-corrected chi connectivity index (χ2v) is 3.06. The number of amides is 1. The van der Waals surface area contributed by atoms with Crippen LogP contribution in [0.15, 0.2) is 24.3 Å². The van der Waals surface area contributed by atoms with E-state index in [1.807, 2.05) is 31.2 Å². The number of carbonyl (C=O) groups is 1. The zero-order chi connectivity index (χ0) is 8.97. The molecule has 0 aromatic heterocycles. The van der Waals surface area contributed by atoms with Gasteiger partial charge >= 0.3 is 0 Å². The summed E-state index contributed by atoms with van der Waals surface area (Å²) in [7, 11) is 0. The highest BCUT2D eigenvalue weighted by atomic mass is 79.9. The van der Waals surface area contributed by atoms with E-state index in [4.69, 9.17) is 0 Å². The summed E-state index contributed by atoms with van der Waals surface area (Å²) in [6, 6.07) is 7.69. The molecule has 1 amide bonds. The van der Waals surface area contributed by atoms with Crippen LogP contribution in [0.3, 0.4) is 0 Å². The number of benzene rings is 1. The Morgan fingerprint density at radius 3 is 2.75 bits per heavy atom. The lowest BCUT2D eigenvalue weighted by Gasteiger charge is -2.05. The highest BCUT2D eigenvalue weighted by Gasteiger charge is 2.00. The number of hydrogen-bond donors (Lipinski definition) is 1. The Bertz CT molecular complexity index is 286. The van der Waals surface area contributed by atoms with Crippen molar-refractivity contribution in [2.75, 3.05) is 10.6 Å². The zero-order valence-corrected chi connectivity index (χ0v) is 8.39. The summed E-state index contributed by atoms with van der Waals surface area (Å²) in [5.74, 6) is -0.0238. The molecule has 0 aliphatic carbocycles. The summed E-state index contributed by atoms with van der Waals surface area (Å²) in [5.41, 5.74) is 1.95. The minimum Gasteiger partial charge on any atom is -0.325 e. The fraction of sp³-hybridized carbons (Fsp3) is 0.222. The molecule has 3 heteroatoms. The van der Waals surface area contributed by atoms with Gasteiger partial charge in [-0.2, -0.15) is 0 Å². The van der Waals surface area contributed by atoms with Crippen LogP contribution in [-0.4, -0.2) is 11.2 Å². The van der Waals surface area contributed by atoms with Gasteiger partial charge in [0.2, 0.25) is 5.91 Å². The van der Waals surface area contributed by atoms with E-state index in [-0.39, 0.29) is 5.91 Å². The average molecular weight is 228 g/mol. The summed E-state index contributed by atoms with van der Waals surface area (Å²) in [6.07, 6.45) is 0. The summed E-state index contributed by atoms with van der Waals surface area (Å²) >= 11 is 3.08. The quantitative estimate of drug-likeness (QED) is 0.773. The molecule has 0 unspecified atom stereocenters. The van der Waals surface area contributed by atoms with Gasteiger partial charge in [-0.3, -0.25) is 4.79 Å². The van der Waals surface area contributed by atoms with Crippen molar-refractivity contribution in [2.45, 2.75) is 6.92 Å². The van der Waals surface area contributed by atoms with Crippen molar-refractivity contribution in [3.05, 3.63) is 29.8 Å². The number of aryl methyl sites for hydroxylation is 1. The SMILES string of the molecule is Cc1ccccc1NC(=O)CBr. The maximum absolute atomic E-state index is 11.0. The molecule has 12 heavy (non-hydrogen) atoms. The van der Waals surface area contributed by atoms with Crippen LogP contribution in [-0.2, 0) is 4.79 Å². The maximum Gasteiger partial charge on any atom is 0.235 e. The van der Waals surface area contributed by atoms with E-state index in [2.05, 4.69) is 21.2 Å². The molecule has 0 aliphatic rings. The Kier molecular flexibility index (Phi) is 3.29. The number of carbonyl (C=O) groups excluding carboxylic acids is 1. The molecule has 0 bridgehead atoms. The zero-order valence-electron chi connectivity index (χ0n) is 6.80. The standard InChI is InChI=1S/C9H10BrNO/c1-7-4-2-3-5-8(7)11-9(12)6-10/h2-5H,6H2,1H3,(H,11,12). The van der Waals surface area contributed by atoms with Crippen molar-refractivity contribution in [2.24, 2.45) is 0 Å². The third-order valence-corrected chi connectivity index (χ3v) is 2.05. The van der Waals surface area contributed by atoms with Gasteiger partial charge in [0.15, 0.2) is 0 Å². The Morgan fingerprint density at radius 2 is 2.17 bits per heavy atom. The third kappa shape index (κ3) is 2.34. The number of alkyl halides is 1. The van der Waals surface area contributed by atoms with E-state index in [0.29, 0.717) is 5.33 Å². The van der Waals surface area contributed by atoms with Gasteiger partial charge < -0.3 is 5.32 Å². The molecule has 0 heterocycles. The molecule has 1 aromatic rings. The van der Waals surface area contributed by atoms with Crippen LogP contribution < -0.4 is 5.32 Å². The highest BCUT2D eigenvalue weighted by Crippen LogP contribution is 2.12. The largest absolute Gasteiger partial charge is 0.325 e. The second kappa shape index (κ2) is 4.26. The van der Waals surface area contributed by atoms with Crippen molar-refractivity contribution >= 4 is 27.5 Å². The minimum absolute atomic E-state index is 0.0238. The summed E-state index contributed by atoms with van der Waals surface area (Å²) in [6.45, 7) is 1.96. The fourth-order valence-corrected chi connectivity index (χ4v) is 1.04. The molecule has 2 nitrogen and oxygen atoms in total. The number of anilines is 1. The lowest BCUT2D eigenvalue weighted by molar-refractivity contribution is -0.113.